The molecular weight excluding hydrogens is 271 g/mol. The molecule has 0 heterocycles. The molecule has 1 rings (SSSR count). The Kier molecular flexibility index (Phi) is 5.16. The van der Waals surface area contributed by atoms with Crippen LogP contribution in [0.2, 0.25) is 0 Å². The first-order chi connectivity index (χ1) is 9.22. The molecule has 0 aliphatic rings. The Labute approximate surface area is 115 Å². The van der Waals surface area contributed by atoms with Crippen molar-refractivity contribution in [2.24, 2.45) is 0 Å². The summed E-state index contributed by atoms with van der Waals surface area (Å²) in [5.74, 6) is -0.628. The molecule has 2 N–H and O–H groups in total. The normalized spacial score (nSPS) is 12.3. The first kappa shape index (κ1) is 16.5. The van der Waals surface area contributed by atoms with Crippen LogP contribution < -0.4 is 5.32 Å². The molecule has 0 bridgehead atoms. The number of nitrogens with one attached hydrogen (secondary N) is 1. The molecule has 3 nitrogen and oxygen atoms in total. The van der Waals surface area contributed by atoms with Gasteiger partial charge in [0.1, 0.15) is 0 Å². The van der Waals surface area contributed by atoms with Crippen molar-refractivity contribution in [3.63, 3.8) is 0 Å². The number of hydrogen-bond acceptors (Lipinski definition) is 2. The Morgan fingerprint density at radius 2 is 1.85 bits per heavy atom. The van der Waals surface area contributed by atoms with Gasteiger partial charge in [-0.15, -0.1) is 0 Å². The molecule has 0 aliphatic heterocycles. The van der Waals surface area contributed by atoms with Crippen LogP contribution in [-0.4, -0.2) is 23.2 Å². The average molecular weight is 289 g/mol. The van der Waals surface area contributed by atoms with Gasteiger partial charge in [0.15, 0.2) is 0 Å². The second-order valence-corrected chi connectivity index (χ2v) is 4.69. The van der Waals surface area contributed by atoms with Gasteiger partial charge in [-0.1, -0.05) is 19.9 Å². The number of rotatable bonds is 5. The molecule has 112 valence electrons. The molecule has 0 unspecified atom stereocenters. The second kappa shape index (κ2) is 6.26. The van der Waals surface area contributed by atoms with Crippen molar-refractivity contribution >= 4 is 5.91 Å². The van der Waals surface area contributed by atoms with Gasteiger partial charge in [-0.2, -0.15) is 13.2 Å². The first-order valence-electron chi connectivity index (χ1n) is 6.39. The maximum atomic E-state index is 12.5. The van der Waals surface area contributed by atoms with Gasteiger partial charge in [-0.05, 0) is 31.0 Å². The van der Waals surface area contributed by atoms with Gasteiger partial charge in [0.2, 0.25) is 0 Å². The molecular formula is C14H18F3NO2. The van der Waals surface area contributed by atoms with E-state index in [2.05, 4.69) is 5.32 Å². The zero-order valence-electron chi connectivity index (χ0n) is 11.4. The van der Waals surface area contributed by atoms with Crippen molar-refractivity contribution in [2.75, 3.05) is 6.54 Å². The van der Waals surface area contributed by atoms with E-state index < -0.39 is 23.2 Å². The minimum Gasteiger partial charge on any atom is -0.388 e. The SMILES string of the molecule is CCC(O)(CC)CNC(=O)c1cccc(C(F)(F)F)c1. The van der Waals surface area contributed by atoms with E-state index in [1.54, 1.807) is 13.8 Å². The van der Waals surface area contributed by atoms with E-state index in [1.807, 2.05) is 0 Å². The predicted molar refractivity (Wildman–Crippen MR) is 69.3 cm³/mol. The molecule has 0 saturated heterocycles. The van der Waals surface area contributed by atoms with Crippen molar-refractivity contribution in [1.82, 2.24) is 5.32 Å². The molecule has 1 aromatic carbocycles. The summed E-state index contributed by atoms with van der Waals surface area (Å²) in [5, 5.41) is 12.5. The van der Waals surface area contributed by atoms with Crippen LogP contribution in [0.1, 0.15) is 42.6 Å². The van der Waals surface area contributed by atoms with Gasteiger partial charge in [-0.25, -0.2) is 0 Å². The molecule has 6 heteroatoms. The van der Waals surface area contributed by atoms with Crippen LogP contribution in [0, 0.1) is 0 Å². The molecule has 20 heavy (non-hydrogen) atoms. The van der Waals surface area contributed by atoms with Crippen molar-refractivity contribution in [2.45, 2.75) is 38.5 Å². The Morgan fingerprint density at radius 3 is 2.35 bits per heavy atom. The molecule has 0 fully saturated rings. The molecule has 0 spiro atoms. The lowest BCUT2D eigenvalue weighted by atomic mass is 9.97. The fraction of sp³-hybridized carbons (Fsp3) is 0.500. The highest BCUT2D eigenvalue weighted by Crippen LogP contribution is 2.29. The Balaban J connectivity index is 2.79. The number of carbonyl (C=O) groups excluding carboxylic acids is 1. The predicted octanol–water partition coefficient (Wildman–Crippen LogP) is 2.99. The molecule has 0 aliphatic carbocycles. The average Bonchev–Trinajstić information content (AvgIpc) is 2.43. The summed E-state index contributed by atoms with van der Waals surface area (Å²) in [6.45, 7) is 3.56. The van der Waals surface area contributed by atoms with Crippen molar-refractivity contribution in [1.29, 1.82) is 0 Å². The number of carbonyl (C=O) groups is 1. The van der Waals surface area contributed by atoms with E-state index in [0.717, 1.165) is 12.1 Å². The summed E-state index contributed by atoms with van der Waals surface area (Å²) < 4.78 is 37.6. The van der Waals surface area contributed by atoms with E-state index in [9.17, 15) is 23.1 Å². The molecule has 0 atom stereocenters. The summed E-state index contributed by atoms with van der Waals surface area (Å²) >= 11 is 0. The lowest BCUT2D eigenvalue weighted by Gasteiger charge is -2.25. The molecule has 1 amide bonds. The topological polar surface area (TPSA) is 49.3 Å². The van der Waals surface area contributed by atoms with Gasteiger partial charge in [0, 0.05) is 12.1 Å². The highest BCUT2D eigenvalue weighted by Gasteiger charge is 2.31. The fourth-order valence-electron chi connectivity index (χ4n) is 1.68. The lowest BCUT2D eigenvalue weighted by Crippen LogP contribution is -2.42. The highest BCUT2D eigenvalue weighted by molar-refractivity contribution is 5.94. The van der Waals surface area contributed by atoms with Gasteiger partial charge in [0.05, 0.1) is 11.2 Å². The summed E-state index contributed by atoms with van der Waals surface area (Å²) in [7, 11) is 0. The van der Waals surface area contributed by atoms with E-state index in [-0.39, 0.29) is 12.1 Å². The summed E-state index contributed by atoms with van der Waals surface area (Å²) in [4.78, 5) is 11.8. The van der Waals surface area contributed by atoms with E-state index in [0.29, 0.717) is 12.8 Å². The van der Waals surface area contributed by atoms with Gasteiger partial charge < -0.3 is 10.4 Å². The number of halogens is 3. The van der Waals surface area contributed by atoms with E-state index in [1.165, 1.54) is 12.1 Å². The third-order valence-corrected chi connectivity index (χ3v) is 3.35. The van der Waals surface area contributed by atoms with Crippen molar-refractivity contribution < 1.29 is 23.1 Å². The molecule has 1 aromatic rings. The molecule has 0 saturated carbocycles. The minimum absolute atomic E-state index is 0.00901. The largest absolute Gasteiger partial charge is 0.416 e. The minimum atomic E-state index is -4.48. The number of amides is 1. The zero-order valence-corrected chi connectivity index (χ0v) is 11.4. The number of alkyl halides is 3. The van der Waals surface area contributed by atoms with Crippen LogP contribution in [-0.2, 0) is 6.18 Å². The Morgan fingerprint density at radius 1 is 1.25 bits per heavy atom. The lowest BCUT2D eigenvalue weighted by molar-refractivity contribution is -0.137. The third-order valence-electron chi connectivity index (χ3n) is 3.35. The van der Waals surface area contributed by atoms with Gasteiger partial charge >= 0.3 is 6.18 Å². The Bertz CT molecular complexity index is 468. The zero-order chi connectivity index (χ0) is 15.4. The van der Waals surface area contributed by atoms with E-state index >= 15 is 0 Å². The first-order valence-corrected chi connectivity index (χ1v) is 6.39. The quantitative estimate of drug-likeness (QED) is 0.875. The summed E-state index contributed by atoms with van der Waals surface area (Å²) in [6, 6.07) is 4.20. The van der Waals surface area contributed by atoms with Crippen LogP contribution in [0.15, 0.2) is 24.3 Å². The monoisotopic (exact) mass is 289 g/mol. The second-order valence-electron chi connectivity index (χ2n) is 4.69. The van der Waals surface area contributed by atoms with Crippen molar-refractivity contribution in [3.05, 3.63) is 35.4 Å². The number of benzene rings is 1. The van der Waals surface area contributed by atoms with Crippen LogP contribution >= 0.6 is 0 Å². The van der Waals surface area contributed by atoms with Crippen LogP contribution in [0.3, 0.4) is 0 Å². The van der Waals surface area contributed by atoms with Crippen LogP contribution in [0.5, 0.6) is 0 Å². The fourth-order valence-corrected chi connectivity index (χ4v) is 1.68. The smallest absolute Gasteiger partial charge is 0.388 e. The van der Waals surface area contributed by atoms with Gasteiger partial charge in [0.25, 0.3) is 5.91 Å². The van der Waals surface area contributed by atoms with Crippen LogP contribution in [0.25, 0.3) is 0 Å². The molecule has 0 radical (unpaired) electrons. The summed E-state index contributed by atoms with van der Waals surface area (Å²) in [5.41, 5.74) is -1.97. The van der Waals surface area contributed by atoms with Crippen LogP contribution in [0.4, 0.5) is 13.2 Å². The Hall–Kier alpha value is -1.56. The molecule has 0 aromatic heterocycles. The van der Waals surface area contributed by atoms with Crippen molar-refractivity contribution in [3.8, 4) is 0 Å². The standard InChI is InChI=1S/C14H18F3NO2/c1-3-13(20,4-2)9-18-12(19)10-6-5-7-11(8-10)14(15,16)17/h5-8,20H,3-4,9H2,1-2H3,(H,18,19). The number of aliphatic hydroxyl groups is 1. The summed E-state index contributed by atoms with van der Waals surface area (Å²) in [6.07, 6.45) is -3.58. The third kappa shape index (κ3) is 4.23. The van der Waals surface area contributed by atoms with E-state index in [4.69, 9.17) is 0 Å². The number of hydrogen-bond donors (Lipinski definition) is 2. The van der Waals surface area contributed by atoms with Gasteiger partial charge in [-0.3, -0.25) is 4.79 Å². The maximum absolute atomic E-state index is 12.5. The maximum Gasteiger partial charge on any atom is 0.416 e. The highest BCUT2D eigenvalue weighted by atomic mass is 19.4.